The van der Waals surface area contributed by atoms with Crippen LogP contribution in [0.2, 0.25) is 0 Å². The fourth-order valence-electron chi connectivity index (χ4n) is 2.26. The molecule has 1 aliphatic carbocycles. The number of carbonyl (C=O) groups is 1. The molecule has 1 aromatic heterocycles. The summed E-state index contributed by atoms with van der Waals surface area (Å²) < 4.78 is 0. The molecule has 0 spiro atoms. The second-order valence-corrected chi connectivity index (χ2v) is 4.12. The summed E-state index contributed by atoms with van der Waals surface area (Å²) in [7, 11) is 0. The van der Waals surface area contributed by atoms with E-state index in [0.717, 1.165) is 12.0 Å². The van der Waals surface area contributed by atoms with Crippen LogP contribution in [0.15, 0.2) is 24.5 Å². The van der Waals surface area contributed by atoms with Crippen LogP contribution in [0.3, 0.4) is 0 Å². The van der Waals surface area contributed by atoms with Crippen LogP contribution in [-0.2, 0) is 0 Å². The molecule has 2 unspecified atom stereocenters. The Morgan fingerprint density at radius 1 is 1.50 bits per heavy atom. The molecule has 0 aliphatic heterocycles. The van der Waals surface area contributed by atoms with Crippen molar-refractivity contribution in [3.8, 4) is 0 Å². The number of hydrogen-bond donors (Lipinski definition) is 0. The van der Waals surface area contributed by atoms with Gasteiger partial charge >= 0.3 is 0 Å². The maximum absolute atomic E-state index is 12.0. The third-order valence-electron chi connectivity index (χ3n) is 3.14. The van der Waals surface area contributed by atoms with Gasteiger partial charge < -0.3 is 0 Å². The summed E-state index contributed by atoms with van der Waals surface area (Å²) in [5.41, 5.74) is 0.770. The minimum absolute atomic E-state index is 0.235. The highest BCUT2D eigenvalue weighted by molar-refractivity contribution is 5.97. The van der Waals surface area contributed by atoms with Crippen molar-refractivity contribution in [2.24, 2.45) is 11.8 Å². The zero-order valence-electron chi connectivity index (χ0n) is 8.44. The van der Waals surface area contributed by atoms with Crippen molar-refractivity contribution >= 4 is 5.78 Å². The predicted octanol–water partition coefficient (Wildman–Crippen LogP) is 2.70. The number of aromatic nitrogens is 1. The Labute approximate surface area is 84.4 Å². The van der Waals surface area contributed by atoms with E-state index in [0.29, 0.717) is 5.92 Å². The Hall–Kier alpha value is -1.18. The minimum atomic E-state index is 0.235. The number of pyridine rings is 1. The number of ketones is 1. The largest absolute Gasteiger partial charge is 0.294 e. The lowest BCUT2D eigenvalue weighted by Gasteiger charge is -2.13. The molecule has 2 nitrogen and oxygen atoms in total. The van der Waals surface area contributed by atoms with Crippen molar-refractivity contribution in [1.82, 2.24) is 4.98 Å². The van der Waals surface area contributed by atoms with Gasteiger partial charge in [-0.2, -0.15) is 0 Å². The van der Waals surface area contributed by atoms with Gasteiger partial charge in [0.1, 0.15) is 0 Å². The van der Waals surface area contributed by atoms with Gasteiger partial charge in [0, 0.05) is 23.9 Å². The second kappa shape index (κ2) is 3.91. The summed E-state index contributed by atoms with van der Waals surface area (Å²) in [6.45, 7) is 2.17. The second-order valence-electron chi connectivity index (χ2n) is 4.12. The molecule has 1 saturated carbocycles. The van der Waals surface area contributed by atoms with E-state index in [-0.39, 0.29) is 11.7 Å². The monoisotopic (exact) mass is 189 g/mol. The summed E-state index contributed by atoms with van der Waals surface area (Å²) in [5, 5.41) is 0. The predicted molar refractivity (Wildman–Crippen MR) is 55.1 cm³/mol. The third-order valence-corrected chi connectivity index (χ3v) is 3.14. The van der Waals surface area contributed by atoms with Crippen LogP contribution in [0.25, 0.3) is 0 Å². The van der Waals surface area contributed by atoms with E-state index in [2.05, 4.69) is 11.9 Å². The normalized spacial score (nSPS) is 26.4. The molecule has 0 aromatic carbocycles. The van der Waals surface area contributed by atoms with Gasteiger partial charge in [-0.1, -0.05) is 13.3 Å². The number of Topliss-reactive ketones (excluding diaryl/α,β-unsaturated/α-hetero) is 1. The SMILES string of the molecule is CC1CCCC1C(=O)c1cccnc1. The van der Waals surface area contributed by atoms with Gasteiger partial charge in [0.05, 0.1) is 0 Å². The highest BCUT2D eigenvalue weighted by Crippen LogP contribution is 2.33. The van der Waals surface area contributed by atoms with Crippen LogP contribution in [0, 0.1) is 11.8 Å². The van der Waals surface area contributed by atoms with E-state index < -0.39 is 0 Å². The van der Waals surface area contributed by atoms with Gasteiger partial charge in [0.25, 0.3) is 0 Å². The first-order valence-electron chi connectivity index (χ1n) is 5.23. The molecule has 2 atom stereocenters. The molecular weight excluding hydrogens is 174 g/mol. The first-order valence-corrected chi connectivity index (χ1v) is 5.23. The van der Waals surface area contributed by atoms with Gasteiger partial charge in [-0.15, -0.1) is 0 Å². The molecule has 1 heterocycles. The lowest BCUT2D eigenvalue weighted by Crippen LogP contribution is -2.17. The van der Waals surface area contributed by atoms with Crippen LogP contribution < -0.4 is 0 Å². The third kappa shape index (κ3) is 1.69. The van der Waals surface area contributed by atoms with Gasteiger partial charge in [0.15, 0.2) is 5.78 Å². The highest BCUT2D eigenvalue weighted by atomic mass is 16.1. The number of carbonyl (C=O) groups excluding carboxylic acids is 1. The molecule has 0 bridgehead atoms. The van der Waals surface area contributed by atoms with Crippen LogP contribution >= 0.6 is 0 Å². The lowest BCUT2D eigenvalue weighted by molar-refractivity contribution is 0.0896. The summed E-state index contributed by atoms with van der Waals surface area (Å²) in [6, 6.07) is 3.69. The molecule has 1 aromatic rings. The smallest absolute Gasteiger partial charge is 0.167 e. The first-order chi connectivity index (χ1) is 6.79. The molecular formula is C12H15NO. The number of rotatable bonds is 2. The molecule has 1 fully saturated rings. The van der Waals surface area contributed by atoms with E-state index in [4.69, 9.17) is 0 Å². The van der Waals surface area contributed by atoms with Gasteiger partial charge in [0.2, 0.25) is 0 Å². The minimum Gasteiger partial charge on any atom is -0.294 e. The summed E-state index contributed by atoms with van der Waals surface area (Å²) in [4.78, 5) is 16.0. The topological polar surface area (TPSA) is 30.0 Å². The molecule has 14 heavy (non-hydrogen) atoms. The molecule has 1 aliphatic rings. The van der Waals surface area contributed by atoms with Gasteiger partial charge in [-0.05, 0) is 30.9 Å². The van der Waals surface area contributed by atoms with Gasteiger partial charge in [-0.3, -0.25) is 9.78 Å². The van der Waals surface area contributed by atoms with Crippen LogP contribution in [0.5, 0.6) is 0 Å². The molecule has 0 N–H and O–H groups in total. The van der Waals surface area contributed by atoms with E-state index >= 15 is 0 Å². The quantitative estimate of drug-likeness (QED) is 0.669. The fraction of sp³-hybridized carbons (Fsp3) is 0.500. The van der Waals surface area contributed by atoms with E-state index in [1.54, 1.807) is 12.4 Å². The van der Waals surface area contributed by atoms with Crippen molar-refractivity contribution in [2.75, 3.05) is 0 Å². The Bertz CT molecular complexity index is 320. The number of nitrogens with zero attached hydrogens (tertiary/aromatic N) is 1. The average molecular weight is 189 g/mol. The summed E-state index contributed by atoms with van der Waals surface area (Å²) in [6.07, 6.45) is 6.81. The number of hydrogen-bond acceptors (Lipinski definition) is 2. The summed E-state index contributed by atoms with van der Waals surface area (Å²) in [5.74, 6) is 1.06. The van der Waals surface area contributed by atoms with E-state index in [9.17, 15) is 4.79 Å². The lowest BCUT2D eigenvalue weighted by atomic mass is 9.90. The van der Waals surface area contributed by atoms with E-state index in [1.807, 2.05) is 12.1 Å². The Balaban J connectivity index is 2.16. The molecule has 0 saturated heterocycles. The Morgan fingerprint density at radius 2 is 2.36 bits per heavy atom. The van der Waals surface area contributed by atoms with Gasteiger partial charge in [-0.25, -0.2) is 0 Å². The molecule has 2 heteroatoms. The maximum atomic E-state index is 12.0. The van der Waals surface area contributed by atoms with Crippen molar-refractivity contribution in [1.29, 1.82) is 0 Å². The Kier molecular flexibility index (Phi) is 2.62. The van der Waals surface area contributed by atoms with Crippen LogP contribution in [0.4, 0.5) is 0 Å². The first kappa shape index (κ1) is 9.38. The molecule has 0 radical (unpaired) electrons. The van der Waals surface area contributed by atoms with Crippen LogP contribution in [0.1, 0.15) is 36.5 Å². The van der Waals surface area contributed by atoms with Crippen molar-refractivity contribution in [2.45, 2.75) is 26.2 Å². The highest BCUT2D eigenvalue weighted by Gasteiger charge is 2.30. The van der Waals surface area contributed by atoms with E-state index in [1.165, 1.54) is 12.8 Å². The fourth-order valence-corrected chi connectivity index (χ4v) is 2.26. The van der Waals surface area contributed by atoms with Crippen LogP contribution in [-0.4, -0.2) is 10.8 Å². The zero-order chi connectivity index (χ0) is 9.97. The standard InChI is InChI=1S/C12H15NO/c1-9-4-2-6-11(9)12(14)10-5-3-7-13-8-10/h3,5,7-9,11H,2,4,6H2,1H3. The molecule has 74 valence electrons. The Morgan fingerprint density at radius 3 is 2.93 bits per heavy atom. The van der Waals surface area contributed by atoms with Crippen molar-refractivity contribution in [3.05, 3.63) is 30.1 Å². The maximum Gasteiger partial charge on any atom is 0.167 e. The zero-order valence-corrected chi connectivity index (χ0v) is 8.44. The molecule has 2 rings (SSSR count). The van der Waals surface area contributed by atoms with Crippen molar-refractivity contribution < 1.29 is 4.79 Å². The summed E-state index contributed by atoms with van der Waals surface area (Å²) >= 11 is 0. The average Bonchev–Trinajstić information content (AvgIpc) is 2.65. The van der Waals surface area contributed by atoms with Crippen molar-refractivity contribution in [3.63, 3.8) is 0 Å². The molecule has 0 amide bonds.